The zero-order valence-electron chi connectivity index (χ0n) is 18.9. The Morgan fingerprint density at radius 3 is 2.35 bits per heavy atom. The fraction of sp³-hybridized carbons (Fsp3) is 0.667. The highest BCUT2D eigenvalue weighted by atomic mass is 35.5. The number of carbonyl (C=O) groups is 2. The fourth-order valence-corrected chi connectivity index (χ4v) is 5.11. The second kappa shape index (κ2) is 9.08. The summed E-state index contributed by atoms with van der Waals surface area (Å²) >= 11 is 6.01. The van der Waals surface area contributed by atoms with Gasteiger partial charge in [0.25, 0.3) is 0 Å². The van der Waals surface area contributed by atoms with Crippen molar-refractivity contribution in [1.82, 2.24) is 10.2 Å². The van der Waals surface area contributed by atoms with Gasteiger partial charge in [0.05, 0.1) is 17.6 Å². The molecule has 1 aliphatic heterocycles. The van der Waals surface area contributed by atoms with E-state index in [2.05, 4.69) is 5.32 Å². The summed E-state index contributed by atoms with van der Waals surface area (Å²) in [5.41, 5.74) is -0.890. The minimum atomic E-state index is -1.08. The Kier molecular flexibility index (Phi) is 7.04. The van der Waals surface area contributed by atoms with E-state index in [0.717, 1.165) is 12.0 Å². The summed E-state index contributed by atoms with van der Waals surface area (Å²) in [7, 11) is 0. The number of nitrogens with zero attached hydrogens (tertiary/aromatic N) is 1. The first-order valence-corrected chi connectivity index (χ1v) is 11.6. The van der Waals surface area contributed by atoms with Gasteiger partial charge in [0, 0.05) is 23.5 Å². The molecule has 0 aromatic heterocycles. The summed E-state index contributed by atoms with van der Waals surface area (Å²) < 4.78 is 0. The first kappa shape index (κ1) is 24.0. The topological polar surface area (TPSA) is 89.9 Å². The molecule has 4 atom stereocenters. The van der Waals surface area contributed by atoms with Crippen molar-refractivity contribution in [2.24, 2.45) is 17.3 Å². The van der Waals surface area contributed by atoms with Crippen LogP contribution >= 0.6 is 11.6 Å². The minimum Gasteiger partial charge on any atom is -0.392 e. The number of carbonyl (C=O) groups excluding carboxylic acids is 2. The number of amides is 2. The maximum Gasteiger partial charge on any atom is 0.245 e. The first-order chi connectivity index (χ1) is 14.5. The molecule has 0 unspecified atom stereocenters. The van der Waals surface area contributed by atoms with Crippen LogP contribution in [0.3, 0.4) is 0 Å². The molecule has 0 bridgehead atoms. The molecule has 172 valence electrons. The van der Waals surface area contributed by atoms with E-state index < -0.39 is 29.1 Å². The molecule has 2 fully saturated rings. The van der Waals surface area contributed by atoms with Crippen molar-refractivity contribution in [3.05, 3.63) is 34.9 Å². The molecule has 0 spiro atoms. The normalized spacial score (nSPS) is 29.1. The van der Waals surface area contributed by atoms with Crippen LogP contribution in [0.2, 0.25) is 5.02 Å². The largest absolute Gasteiger partial charge is 0.392 e. The summed E-state index contributed by atoms with van der Waals surface area (Å²) in [5, 5.41) is 25.1. The van der Waals surface area contributed by atoms with Gasteiger partial charge in [-0.05, 0) is 49.3 Å². The van der Waals surface area contributed by atoms with Gasteiger partial charge in [-0.2, -0.15) is 0 Å². The third-order valence-corrected chi connectivity index (χ3v) is 7.38. The summed E-state index contributed by atoms with van der Waals surface area (Å²) in [5.74, 6) is -0.912. The highest BCUT2D eigenvalue weighted by Crippen LogP contribution is 2.46. The van der Waals surface area contributed by atoms with Crippen LogP contribution in [-0.2, 0) is 15.2 Å². The Morgan fingerprint density at radius 2 is 1.84 bits per heavy atom. The number of nitrogens with one attached hydrogen (secondary N) is 1. The zero-order chi connectivity index (χ0) is 23.0. The van der Waals surface area contributed by atoms with E-state index in [4.69, 9.17) is 11.6 Å². The molecule has 2 aliphatic rings. The van der Waals surface area contributed by atoms with Crippen LogP contribution in [-0.4, -0.2) is 52.2 Å². The quantitative estimate of drug-likeness (QED) is 0.643. The minimum absolute atomic E-state index is 0.0878. The molecule has 6 nitrogen and oxygen atoms in total. The lowest BCUT2D eigenvalue weighted by molar-refractivity contribution is -0.157. The molecule has 1 saturated heterocycles. The SMILES string of the molecule is CC(C)[C@@H](NC(=O)[C@@H]1CCC[C@@H]1O)C(=O)N1CC[C@](O)(c2ccc(Cl)cc2)C(C)(C)C1. The maximum absolute atomic E-state index is 13.4. The highest BCUT2D eigenvalue weighted by Gasteiger charge is 2.50. The molecule has 3 N–H and O–H groups in total. The van der Waals surface area contributed by atoms with Crippen molar-refractivity contribution >= 4 is 23.4 Å². The van der Waals surface area contributed by atoms with Crippen molar-refractivity contribution in [2.75, 3.05) is 13.1 Å². The zero-order valence-corrected chi connectivity index (χ0v) is 19.7. The van der Waals surface area contributed by atoms with Gasteiger partial charge in [0.15, 0.2) is 0 Å². The van der Waals surface area contributed by atoms with Crippen molar-refractivity contribution in [1.29, 1.82) is 0 Å². The van der Waals surface area contributed by atoms with Crippen molar-refractivity contribution in [3.8, 4) is 0 Å². The maximum atomic E-state index is 13.4. The van der Waals surface area contributed by atoms with Gasteiger partial charge in [-0.15, -0.1) is 0 Å². The fourth-order valence-electron chi connectivity index (χ4n) is 4.99. The van der Waals surface area contributed by atoms with Gasteiger partial charge in [-0.3, -0.25) is 9.59 Å². The number of rotatable bonds is 5. The van der Waals surface area contributed by atoms with Gasteiger partial charge in [-0.25, -0.2) is 0 Å². The molecule has 0 radical (unpaired) electrons. The lowest BCUT2D eigenvalue weighted by atomic mass is 9.66. The molecule has 1 aromatic carbocycles. The van der Waals surface area contributed by atoms with E-state index in [1.807, 2.05) is 39.8 Å². The summed E-state index contributed by atoms with van der Waals surface area (Å²) in [4.78, 5) is 27.9. The molecule has 3 rings (SSSR count). The lowest BCUT2D eigenvalue weighted by Crippen LogP contribution is -2.61. The molecule has 1 aliphatic carbocycles. The van der Waals surface area contributed by atoms with E-state index in [-0.39, 0.29) is 17.7 Å². The number of likely N-dealkylation sites (tertiary alicyclic amines) is 1. The van der Waals surface area contributed by atoms with Gasteiger partial charge in [0.2, 0.25) is 11.8 Å². The van der Waals surface area contributed by atoms with E-state index in [9.17, 15) is 19.8 Å². The summed E-state index contributed by atoms with van der Waals surface area (Å²) in [6, 6.07) is 6.56. The molecule has 2 amide bonds. The highest BCUT2D eigenvalue weighted by molar-refractivity contribution is 6.30. The molecular weight excluding hydrogens is 416 g/mol. The van der Waals surface area contributed by atoms with Crippen LogP contribution in [0.4, 0.5) is 0 Å². The molecule has 1 aromatic rings. The number of hydrogen-bond acceptors (Lipinski definition) is 4. The predicted molar refractivity (Wildman–Crippen MR) is 120 cm³/mol. The second-order valence-corrected chi connectivity index (χ2v) is 10.5. The van der Waals surface area contributed by atoms with E-state index in [1.54, 1.807) is 17.0 Å². The third kappa shape index (κ3) is 4.76. The number of benzene rings is 1. The van der Waals surface area contributed by atoms with Crippen molar-refractivity contribution in [2.45, 2.75) is 71.1 Å². The van der Waals surface area contributed by atoms with Crippen molar-refractivity contribution < 1.29 is 19.8 Å². The van der Waals surface area contributed by atoms with Gasteiger partial charge in [0.1, 0.15) is 6.04 Å². The van der Waals surface area contributed by atoms with E-state index in [0.29, 0.717) is 37.4 Å². The molecule has 1 saturated carbocycles. The average Bonchev–Trinajstić information content (AvgIpc) is 3.13. The van der Waals surface area contributed by atoms with E-state index in [1.165, 1.54) is 0 Å². The molecule has 7 heteroatoms. The van der Waals surface area contributed by atoms with Gasteiger partial charge >= 0.3 is 0 Å². The average molecular weight is 451 g/mol. The van der Waals surface area contributed by atoms with Crippen LogP contribution in [0.5, 0.6) is 0 Å². The Hall–Kier alpha value is -1.63. The van der Waals surface area contributed by atoms with Crippen LogP contribution < -0.4 is 5.32 Å². The number of aliphatic hydroxyl groups is 2. The number of hydrogen-bond donors (Lipinski definition) is 3. The van der Waals surface area contributed by atoms with Crippen LogP contribution in [0.1, 0.15) is 58.9 Å². The van der Waals surface area contributed by atoms with E-state index >= 15 is 0 Å². The monoisotopic (exact) mass is 450 g/mol. The Bertz CT molecular complexity index is 810. The second-order valence-electron chi connectivity index (χ2n) is 10.1. The van der Waals surface area contributed by atoms with Crippen LogP contribution in [0.25, 0.3) is 0 Å². The van der Waals surface area contributed by atoms with Gasteiger partial charge in [-0.1, -0.05) is 51.4 Å². The standard InChI is InChI=1S/C24H35ClN2O4/c1-15(2)20(26-21(29)18-6-5-7-19(18)28)22(30)27-13-12-24(31,23(3,4)14-27)16-8-10-17(25)11-9-16/h8-11,15,18-20,28,31H,5-7,12-14H2,1-4H3,(H,26,29)/t18-,19+,20-,24+/m1/s1. The third-order valence-electron chi connectivity index (χ3n) is 7.13. The molecule has 31 heavy (non-hydrogen) atoms. The summed E-state index contributed by atoms with van der Waals surface area (Å²) in [6.07, 6.45) is 1.86. The predicted octanol–water partition coefficient (Wildman–Crippen LogP) is 3.09. The molecular formula is C24H35ClN2O4. The Labute approximate surface area is 190 Å². The lowest BCUT2D eigenvalue weighted by Gasteiger charge is -2.51. The first-order valence-electron chi connectivity index (χ1n) is 11.2. The van der Waals surface area contributed by atoms with Crippen molar-refractivity contribution in [3.63, 3.8) is 0 Å². The number of piperidine rings is 1. The van der Waals surface area contributed by atoms with Crippen LogP contribution in [0, 0.1) is 17.3 Å². The van der Waals surface area contributed by atoms with Gasteiger partial charge < -0.3 is 20.4 Å². The smallest absolute Gasteiger partial charge is 0.245 e. The number of aliphatic hydroxyl groups excluding tert-OH is 1. The number of halogens is 1. The van der Waals surface area contributed by atoms with Crippen LogP contribution in [0.15, 0.2) is 24.3 Å². The molecule has 1 heterocycles. The Morgan fingerprint density at radius 1 is 1.19 bits per heavy atom. The Balaban J connectivity index is 1.74. The summed E-state index contributed by atoms with van der Waals surface area (Å²) in [6.45, 7) is 8.50.